The van der Waals surface area contributed by atoms with E-state index in [1.54, 1.807) is 0 Å². The molecule has 150 valence electrons. The molecule has 2 aliphatic rings. The summed E-state index contributed by atoms with van der Waals surface area (Å²) in [6.45, 7) is 9.55. The normalized spacial score (nSPS) is 20.4. The predicted octanol–water partition coefficient (Wildman–Crippen LogP) is 2.96. The van der Waals surface area contributed by atoms with E-state index in [1.807, 2.05) is 18.5 Å². The van der Waals surface area contributed by atoms with Crippen LogP contribution in [0.25, 0.3) is 0 Å². The second-order valence-electron chi connectivity index (χ2n) is 7.96. The van der Waals surface area contributed by atoms with E-state index in [1.165, 1.54) is 32.2 Å². The van der Waals surface area contributed by atoms with Gasteiger partial charge in [-0.3, -0.25) is 14.8 Å². The Kier molecular flexibility index (Phi) is 6.49. The Morgan fingerprint density at radius 3 is 2.61 bits per heavy atom. The number of pyridine rings is 1. The molecule has 0 spiro atoms. The lowest BCUT2D eigenvalue weighted by molar-refractivity contribution is 0.163. The lowest BCUT2D eigenvalue weighted by Crippen LogP contribution is -2.40. The predicted molar refractivity (Wildman–Crippen MR) is 112 cm³/mol. The van der Waals surface area contributed by atoms with Gasteiger partial charge in [-0.15, -0.1) is 0 Å². The molecule has 2 aromatic rings. The smallest absolute Gasteiger partial charge is 0.225 e. The minimum Gasteiger partial charge on any atom is -0.341 e. The van der Waals surface area contributed by atoms with Gasteiger partial charge in [0.1, 0.15) is 0 Å². The number of hydrogen-bond donors (Lipinski definition) is 0. The molecule has 2 saturated heterocycles. The number of likely N-dealkylation sites (tertiary alicyclic amines) is 1. The summed E-state index contributed by atoms with van der Waals surface area (Å²) < 4.78 is 0. The maximum absolute atomic E-state index is 4.89. The van der Waals surface area contributed by atoms with E-state index in [-0.39, 0.29) is 0 Å². The zero-order chi connectivity index (χ0) is 19.2. The molecule has 2 fully saturated rings. The summed E-state index contributed by atoms with van der Waals surface area (Å²) in [5.74, 6) is 0.892. The topological polar surface area (TPSA) is 48.4 Å². The van der Waals surface area contributed by atoms with Gasteiger partial charge in [-0.05, 0) is 57.0 Å². The molecule has 0 unspecified atom stereocenters. The first-order chi connectivity index (χ1) is 13.8. The third-order valence-electron chi connectivity index (χ3n) is 5.96. The Bertz CT molecular complexity index is 731. The number of likely N-dealkylation sites (N-methyl/N-ethyl adjacent to an activating group) is 1. The van der Waals surface area contributed by atoms with Crippen molar-refractivity contribution in [1.29, 1.82) is 0 Å². The molecule has 0 bridgehead atoms. The molecule has 2 aliphatic heterocycles. The Morgan fingerprint density at radius 2 is 1.82 bits per heavy atom. The highest BCUT2D eigenvalue weighted by Gasteiger charge is 2.25. The van der Waals surface area contributed by atoms with Crippen LogP contribution in [-0.2, 0) is 13.1 Å². The molecule has 0 N–H and O–H groups in total. The average molecular weight is 381 g/mol. The van der Waals surface area contributed by atoms with Crippen molar-refractivity contribution < 1.29 is 0 Å². The van der Waals surface area contributed by atoms with Crippen LogP contribution in [0, 0.1) is 0 Å². The maximum Gasteiger partial charge on any atom is 0.225 e. The van der Waals surface area contributed by atoms with Crippen molar-refractivity contribution in [1.82, 2.24) is 24.8 Å². The zero-order valence-electron chi connectivity index (χ0n) is 17.0. The number of anilines is 1. The fourth-order valence-corrected chi connectivity index (χ4v) is 4.49. The number of hydrogen-bond acceptors (Lipinski definition) is 6. The number of rotatable bonds is 8. The number of nitrogens with zero attached hydrogens (tertiary/aromatic N) is 6. The van der Waals surface area contributed by atoms with Gasteiger partial charge in [0.25, 0.3) is 0 Å². The van der Waals surface area contributed by atoms with Crippen LogP contribution < -0.4 is 4.90 Å². The lowest BCUT2D eigenvalue weighted by atomic mass is 10.2. The summed E-state index contributed by atoms with van der Waals surface area (Å²) in [5, 5.41) is 0. The van der Waals surface area contributed by atoms with Crippen LogP contribution in [0.1, 0.15) is 44.0 Å². The van der Waals surface area contributed by atoms with Gasteiger partial charge >= 0.3 is 0 Å². The molecule has 0 aromatic carbocycles. The molecule has 4 heterocycles. The first kappa shape index (κ1) is 19.3. The second kappa shape index (κ2) is 9.43. The highest BCUT2D eigenvalue weighted by atomic mass is 15.3. The van der Waals surface area contributed by atoms with Crippen molar-refractivity contribution in [2.75, 3.05) is 37.6 Å². The van der Waals surface area contributed by atoms with Gasteiger partial charge in [-0.2, -0.15) is 0 Å². The average Bonchev–Trinajstić information content (AvgIpc) is 3.41. The van der Waals surface area contributed by atoms with E-state index >= 15 is 0 Å². The minimum atomic E-state index is 0.633. The van der Waals surface area contributed by atoms with Gasteiger partial charge in [-0.1, -0.05) is 13.0 Å². The first-order valence-electron chi connectivity index (χ1n) is 10.7. The van der Waals surface area contributed by atoms with Crippen LogP contribution in [0.2, 0.25) is 0 Å². The number of aromatic nitrogens is 3. The van der Waals surface area contributed by atoms with E-state index in [4.69, 9.17) is 4.98 Å². The summed E-state index contributed by atoms with van der Waals surface area (Å²) in [4.78, 5) is 21.4. The van der Waals surface area contributed by atoms with E-state index < -0.39 is 0 Å². The van der Waals surface area contributed by atoms with Crippen LogP contribution in [0.15, 0.2) is 36.7 Å². The fraction of sp³-hybridized carbons (Fsp3) is 0.591. The molecule has 28 heavy (non-hydrogen) atoms. The zero-order valence-corrected chi connectivity index (χ0v) is 17.0. The van der Waals surface area contributed by atoms with E-state index in [0.717, 1.165) is 56.6 Å². The molecule has 1 atom stereocenters. The van der Waals surface area contributed by atoms with Crippen molar-refractivity contribution in [2.24, 2.45) is 0 Å². The lowest BCUT2D eigenvalue weighted by Gasteiger charge is -2.30. The molecule has 6 nitrogen and oxygen atoms in total. The molecule has 0 saturated carbocycles. The SMILES string of the molecule is CCN1CCC[C@@H]1CN(Cc1ccccn1)Cc1ccnc(N2CCCC2)n1. The molecule has 0 aliphatic carbocycles. The highest BCUT2D eigenvalue weighted by molar-refractivity contribution is 5.31. The molecular weight excluding hydrogens is 348 g/mol. The van der Waals surface area contributed by atoms with Gasteiger partial charge in [-0.25, -0.2) is 9.97 Å². The Balaban J connectivity index is 1.48. The molecule has 0 radical (unpaired) electrons. The van der Waals surface area contributed by atoms with Crippen molar-refractivity contribution in [3.63, 3.8) is 0 Å². The van der Waals surface area contributed by atoms with Crippen molar-refractivity contribution in [2.45, 2.75) is 51.7 Å². The maximum atomic E-state index is 4.89. The third-order valence-corrected chi connectivity index (χ3v) is 5.96. The monoisotopic (exact) mass is 380 g/mol. The van der Waals surface area contributed by atoms with E-state index in [0.29, 0.717) is 6.04 Å². The van der Waals surface area contributed by atoms with Gasteiger partial charge < -0.3 is 4.90 Å². The van der Waals surface area contributed by atoms with Crippen LogP contribution in [0.4, 0.5) is 5.95 Å². The van der Waals surface area contributed by atoms with Gasteiger partial charge in [0.05, 0.1) is 11.4 Å². The summed E-state index contributed by atoms with van der Waals surface area (Å²) in [6, 6.07) is 8.88. The molecule has 2 aromatic heterocycles. The fourth-order valence-electron chi connectivity index (χ4n) is 4.49. The highest BCUT2D eigenvalue weighted by Crippen LogP contribution is 2.20. The van der Waals surface area contributed by atoms with E-state index in [2.05, 4.69) is 49.8 Å². The molecular formula is C22H32N6. The third kappa shape index (κ3) is 4.86. The first-order valence-corrected chi connectivity index (χ1v) is 10.7. The van der Waals surface area contributed by atoms with Crippen molar-refractivity contribution in [3.05, 3.63) is 48.0 Å². The summed E-state index contributed by atoms with van der Waals surface area (Å²) in [6.07, 6.45) is 8.89. The van der Waals surface area contributed by atoms with Crippen molar-refractivity contribution in [3.8, 4) is 0 Å². The Labute approximate surface area is 168 Å². The van der Waals surface area contributed by atoms with E-state index in [9.17, 15) is 0 Å². The minimum absolute atomic E-state index is 0.633. The Morgan fingerprint density at radius 1 is 0.964 bits per heavy atom. The van der Waals surface area contributed by atoms with Gasteiger partial charge in [0.2, 0.25) is 5.95 Å². The van der Waals surface area contributed by atoms with Gasteiger partial charge in [0, 0.05) is 51.2 Å². The van der Waals surface area contributed by atoms with Gasteiger partial charge in [0.15, 0.2) is 0 Å². The van der Waals surface area contributed by atoms with Crippen LogP contribution in [0.5, 0.6) is 0 Å². The van der Waals surface area contributed by atoms with Crippen LogP contribution in [0.3, 0.4) is 0 Å². The largest absolute Gasteiger partial charge is 0.341 e. The van der Waals surface area contributed by atoms with Crippen LogP contribution in [-0.4, -0.2) is 63.5 Å². The molecule has 6 heteroatoms. The molecule has 4 rings (SSSR count). The second-order valence-corrected chi connectivity index (χ2v) is 7.96. The molecule has 0 amide bonds. The summed E-state index contributed by atoms with van der Waals surface area (Å²) >= 11 is 0. The standard InChI is InChI=1S/C22H32N6/c1-2-27-15-7-9-21(27)18-26(16-19-8-3-4-11-23-19)17-20-10-12-24-22(25-20)28-13-5-6-14-28/h3-4,8,10-12,21H,2,5-7,9,13-18H2,1H3/t21-/m1/s1. The van der Waals surface area contributed by atoms with Crippen LogP contribution >= 0.6 is 0 Å². The van der Waals surface area contributed by atoms with Crippen molar-refractivity contribution >= 4 is 5.95 Å². The summed E-state index contributed by atoms with van der Waals surface area (Å²) in [5.41, 5.74) is 2.23. The summed E-state index contributed by atoms with van der Waals surface area (Å²) in [7, 11) is 0. The Hall–Kier alpha value is -2.05. The quantitative estimate of drug-likeness (QED) is 0.702.